The van der Waals surface area contributed by atoms with Crippen LogP contribution in [0.1, 0.15) is 72.0 Å². The second-order valence-electron chi connectivity index (χ2n) is 12.3. The number of alkyl halides is 3. The average molecular weight is 598 g/mol. The van der Waals surface area contributed by atoms with Crippen molar-refractivity contribution >= 4 is 40.9 Å². The highest BCUT2D eigenvalue weighted by molar-refractivity contribution is 6.40. The summed E-state index contributed by atoms with van der Waals surface area (Å²) in [5.41, 5.74) is -1.79. The van der Waals surface area contributed by atoms with E-state index >= 15 is 0 Å². The molecule has 0 saturated heterocycles. The van der Waals surface area contributed by atoms with Gasteiger partial charge in [0.05, 0.1) is 39.7 Å². The highest BCUT2D eigenvalue weighted by Gasteiger charge is 2.63. The minimum absolute atomic E-state index is 0.0250. The minimum atomic E-state index is -4.90. The maximum absolute atomic E-state index is 14.2. The smallest absolute Gasteiger partial charge is 0.435 e. The fraction of sp³-hybridized carbons (Fsp3) is 0.571. The number of hydrogen-bond donors (Lipinski definition) is 1. The van der Waals surface area contributed by atoms with Crippen molar-refractivity contribution in [3.8, 4) is 0 Å². The topological polar surface area (TPSA) is 92.5 Å². The molecule has 7 atom stereocenters. The van der Waals surface area contributed by atoms with Crippen LogP contribution in [0.15, 0.2) is 24.4 Å². The van der Waals surface area contributed by atoms with E-state index < -0.39 is 59.6 Å². The van der Waals surface area contributed by atoms with Crippen LogP contribution in [0.3, 0.4) is 0 Å². The molecule has 12 heteroatoms. The zero-order chi connectivity index (χ0) is 28.9. The number of Topliss-reactive ketones (excluding diaryl/α,β-unsaturated/α-hetero) is 1. The van der Waals surface area contributed by atoms with Crippen molar-refractivity contribution in [1.82, 2.24) is 14.7 Å². The van der Waals surface area contributed by atoms with E-state index in [1.54, 1.807) is 6.07 Å². The average Bonchev–Trinajstić information content (AvgIpc) is 3.35. The van der Waals surface area contributed by atoms with Crippen molar-refractivity contribution in [2.75, 3.05) is 6.54 Å². The molecule has 4 saturated carbocycles. The number of ketones is 1. The van der Waals surface area contributed by atoms with Crippen LogP contribution in [0.4, 0.5) is 13.2 Å². The molecule has 4 fully saturated rings. The molecule has 0 spiro atoms. The Bertz CT molecular complexity index is 1380. The third kappa shape index (κ3) is 4.42. The van der Waals surface area contributed by atoms with E-state index in [0.717, 1.165) is 6.20 Å². The van der Waals surface area contributed by atoms with E-state index in [9.17, 15) is 32.7 Å². The largest absolute Gasteiger partial charge is 0.481 e. The molecule has 40 heavy (non-hydrogen) atoms. The van der Waals surface area contributed by atoms with Crippen LogP contribution in [0.25, 0.3) is 0 Å². The fourth-order valence-corrected chi connectivity index (χ4v) is 8.20. The fourth-order valence-electron chi connectivity index (χ4n) is 7.59. The van der Waals surface area contributed by atoms with Gasteiger partial charge in [0.25, 0.3) is 5.91 Å². The lowest BCUT2D eigenvalue weighted by Gasteiger charge is -2.31. The number of carboxylic acids is 1. The number of hydrogen-bond acceptors (Lipinski definition) is 4. The van der Waals surface area contributed by atoms with Gasteiger partial charge in [-0.3, -0.25) is 19.1 Å². The lowest BCUT2D eigenvalue weighted by atomic mass is 9.96. The molecule has 0 aliphatic heterocycles. The lowest BCUT2D eigenvalue weighted by molar-refractivity contribution is -0.142. The van der Waals surface area contributed by atoms with Crippen molar-refractivity contribution in [3.63, 3.8) is 0 Å². The first-order valence-electron chi connectivity index (χ1n) is 13.4. The van der Waals surface area contributed by atoms with Gasteiger partial charge in [-0.1, -0.05) is 43.1 Å². The van der Waals surface area contributed by atoms with Gasteiger partial charge in [0.1, 0.15) is 0 Å². The molecular formula is C28H28Cl2F3N3O4. The normalized spacial score (nSPS) is 31.4. The Morgan fingerprint density at radius 2 is 1.65 bits per heavy atom. The first kappa shape index (κ1) is 27.6. The van der Waals surface area contributed by atoms with Crippen LogP contribution in [-0.4, -0.2) is 50.0 Å². The molecule has 0 radical (unpaired) electrons. The zero-order valence-electron chi connectivity index (χ0n) is 21.8. The number of fused-ring (bicyclic) bond motifs is 2. The Balaban J connectivity index is 1.31. The highest BCUT2D eigenvalue weighted by atomic mass is 35.5. The summed E-state index contributed by atoms with van der Waals surface area (Å²) in [6.07, 6.45) is -1.82. The van der Waals surface area contributed by atoms with E-state index in [4.69, 9.17) is 23.2 Å². The number of rotatable bonds is 7. The van der Waals surface area contributed by atoms with Crippen molar-refractivity contribution < 1.29 is 32.7 Å². The van der Waals surface area contributed by atoms with Gasteiger partial charge >= 0.3 is 12.1 Å². The van der Waals surface area contributed by atoms with E-state index in [1.165, 1.54) is 21.7 Å². The predicted molar refractivity (Wildman–Crippen MR) is 139 cm³/mol. The summed E-state index contributed by atoms with van der Waals surface area (Å²) in [5.74, 6) is -2.37. The summed E-state index contributed by atoms with van der Waals surface area (Å²) in [7, 11) is 0. The van der Waals surface area contributed by atoms with Gasteiger partial charge in [-0.15, -0.1) is 0 Å². The predicted octanol–water partition coefficient (Wildman–Crippen LogP) is 6.25. The maximum Gasteiger partial charge on any atom is 0.435 e. The number of aliphatic carboxylic acids is 1. The van der Waals surface area contributed by atoms with Crippen molar-refractivity contribution in [2.24, 2.45) is 35.0 Å². The molecule has 1 aromatic heterocycles. The molecule has 7 nitrogen and oxygen atoms in total. The van der Waals surface area contributed by atoms with Gasteiger partial charge in [0, 0.05) is 12.2 Å². The number of carbonyl (C=O) groups excluding carboxylic acids is 2. The summed E-state index contributed by atoms with van der Waals surface area (Å²) in [5, 5.41) is 13.3. The lowest BCUT2D eigenvalue weighted by Crippen LogP contribution is -2.44. The number of halogens is 5. The SMILES string of the molecule is CC1(C)[C@@H]2C[C@@H](N(CC(=O)c3c(Cl)cccc3Cl)C(=O)c3cn([C@@H]4C[C@@H]5[C@H](C4)[C@@H]5C(=O)O)nc3C(F)(F)F)C[C@@H]21. The van der Waals surface area contributed by atoms with Crippen LogP contribution in [0, 0.1) is 35.0 Å². The van der Waals surface area contributed by atoms with Crippen LogP contribution >= 0.6 is 23.2 Å². The first-order valence-corrected chi connectivity index (χ1v) is 14.1. The summed E-state index contributed by atoms with van der Waals surface area (Å²) in [6, 6.07) is 3.72. The van der Waals surface area contributed by atoms with E-state index in [2.05, 4.69) is 18.9 Å². The number of carbonyl (C=O) groups is 3. The van der Waals surface area contributed by atoms with E-state index in [0.29, 0.717) is 37.5 Å². The summed E-state index contributed by atoms with van der Waals surface area (Å²) >= 11 is 12.5. The molecule has 0 bridgehead atoms. The van der Waals surface area contributed by atoms with E-state index in [-0.39, 0.29) is 32.9 Å². The van der Waals surface area contributed by atoms with Crippen LogP contribution < -0.4 is 0 Å². The van der Waals surface area contributed by atoms with Gasteiger partial charge in [-0.25, -0.2) is 0 Å². The molecule has 0 unspecified atom stereocenters. The van der Waals surface area contributed by atoms with Crippen LogP contribution in [0.2, 0.25) is 10.0 Å². The number of benzene rings is 1. The summed E-state index contributed by atoms with van der Waals surface area (Å²) in [4.78, 5) is 39.9. The van der Waals surface area contributed by atoms with Crippen molar-refractivity contribution in [3.05, 3.63) is 51.3 Å². The zero-order valence-corrected chi connectivity index (χ0v) is 23.3. The monoisotopic (exact) mass is 597 g/mol. The second kappa shape index (κ2) is 9.21. The van der Waals surface area contributed by atoms with Gasteiger partial charge in [0.15, 0.2) is 11.5 Å². The molecular weight excluding hydrogens is 570 g/mol. The third-order valence-electron chi connectivity index (χ3n) is 9.91. The Hall–Kier alpha value is -2.59. The van der Waals surface area contributed by atoms with Crippen molar-refractivity contribution in [1.29, 1.82) is 0 Å². The second-order valence-corrected chi connectivity index (χ2v) is 13.1. The van der Waals surface area contributed by atoms with Crippen LogP contribution in [-0.2, 0) is 11.0 Å². The Kier molecular flexibility index (Phi) is 6.35. The maximum atomic E-state index is 14.2. The minimum Gasteiger partial charge on any atom is -0.481 e. The molecule has 6 rings (SSSR count). The van der Waals surface area contributed by atoms with Gasteiger partial charge in [-0.2, -0.15) is 18.3 Å². The summed E-state index contributed by atoms with van der Waals surface area (Å²) in [6.45, 7) is 3.79. The molecule has 1 heterocycles. The first-order chi connectivity index (χ1) is 18.7. The molecule has 4 aliphatic carbocycles. The number of carboxylic acid groups (broad SMARTS) is 1. The molecule has 214 valence electrons. The Morgan fingerprint density at radius 1 is 1.07 bits per heavy atom. The number of nitrogens with zero attached hydrogens (tertiary/aromatic N) is 3. The number of aromatic nitrogens is 2. The molecule has 1 amide bonds. The summed E-state index contributed by atoms with van der Waals surface area (Å²) < 4.78 is 43.7. The third-order valence-corrected chi connectivity index (χ3v) is 10.5. The molecule has 4 aliphatic rings. The van der Waals surface area contributed by atoms with Crippen molar-refractivity contribution in [2.45, 2.75) is 57.8 Å². The molecule has 2 aromatic rings. The van der Waals surface area contributed by atoms with Gasteiger partial charge in [0.2, 0.25) is 0 Å². The van der Waals surface area contributed by atoms with Gasteiger partial charge in [-0.05, 0) is 66.9 Å². The molecule has 1 N–H and O–H groups in total. The Labute approximate surface area is 238 Å². The quantitative estimate of drug-likeness (QED) is 0.381. The highest BCUT2D eigenvalue weighted by Crippen LogP contribution is 2.67. The van der Waals surface area contributed by atoms with Crippen LogP contribution in [0.5, 0.6) is 0 Å². The van der Waals surface area contributed by atoms with E-state index in [1.807, 2.05) is 0 Å². The Morgan fingerprint density at radius 3 is 2.17 bits per heavy atom. The van der Waals surface area contributed by atoms with Gasteiger partial charge < -0.3 is 10.0 Å². The number of amides is 1. The molecule has 1 aromatic carbocycles. The standard InChI is InChI=1S/C28H28Cl2F3N3O4/c1-27(2)17-8-12(9-18(17)27)35(11-21(37)23-19(29)4-3-5-20(23)30)25(38)16-10-36(34-24(16)28(31,32)33)13-6-14-15(7-13)22(14)26(39)40/h3-5,10,12-15,17-18,22H,6-9,11H2,1-2H3,(H,39,40)/t12-,13-,14-,15+,17-,18+,22-.